The van der Waals surface area contributed by atoms with Gasteiger partial charge in [-0.15, -0.1) is 0 Å². The predicted octanol–water partition coefficient (Wildman–Crippen LogP) is 1.23. The summed E-state index contributed by atoms with van der Waals surface area (Å²) in [5, 5.41) is 3.81. The van der Waals surface area contributed by atoms with Crippen molar-refractivity contribution in [2.45, 2.75) is 13.3 Å². The Bertz CT molecular complexity index is 716. The van der Waals surface area contributed by atoms with E-state index in [4.69, 9.17) is 0 Å². The van der Waals surface area contributed by atoms with Gasteiger partial charge in [-0.1, -0.05) is 0 Å². The van der Waals surface area contributed by atoms with E-state index in [1.54, 1.807) is 19.2 Å². The molecular formula is C16H18N4O2. The molecule has 2 amide bonds. The molecule has 3 rings (SSSR count). The van der Waals surface area contributed by atoms with Gasteiger partial charge in [0.15, 0.2) is 5.65 Å². The fraction of sp³-hybridized carbons (Fsp3) is 0.375. The lowest BCUT2D eigenvalue weighted by Gasteiger charge is -2.14. The van der Waals surface area contributed by atoms with E-state index in [2.05, 4.69) is 15.3 Å². The third-order valence-corrected chi connectivity index (χ3v) is 3.98. The molecule has 1 atom stereocenters. The summed E-state index contributed by atoms with van der Waals surface area (Å²) in [6, 6.07) is 7.30. The van der Waals surface area contributed by atoms with Crippen LogP contribution < -0.4 is 5.32 Å². The fourth-order valence-electron chi connectivity index (χ4n) is 2.69. The first-order valence-electron chi connectivity index (χ1n) is 7.39. The van der Waals surface area contributed by atoms with Gasteiger partial charge in [-0.25, -0.2) is 9.97 Å². The molecule has 2 aromatic heterocycles. The SMILES string of the molecule is CC(=O)N1CCC(CNC(=O)c2ccc3cccnc3n2)C1. The summed E-state index contributed by atoms with van der Waals surface area (Å²) in [4.78, 5) is 33.7. The van der Waals surface area contributed by atoms with E-state index in [1.165, 1.54) is 0 Å². The van der Waals surface area contributed by atoms with Gasteiger partial charge in [-0.3, -0.25) is 9.59 Å². The summed E-state index contributed by atoms with van der Waals surface area (Å²) in [5.74, 6) is 0.205. The standard InChI is InChI=1S/C16H18N4O2/c1-11(21)20-8-6-12(10-20)9-18-16(22)14-5-4-13-3-2-7-17-15(13)19-14/h2-5,7,12H,6,8-10H2,1H3,(H,18,22). The minimum atomic E-state index is -0.200. The minimum absolute atomic E-state index is 0.0936. The van der Waals surface area contributed by atoms with Gasteiger partial charge in [0.05, 0.1) is 0 Å². The van der Waals surface area contributed by atoms with Crippen LogP contribution in [0, 0.1) is 5.92 Å². The first kappa shape index (κ1) is 14.4. The number of nitrogens with zero attached hydrogens (tertiary/aromatic N) is 3. The van der Waals surface area contributed by atoms with Gasteiger partial charge in [-0.2, -0.15) is 0 Å². The molecule has 3 heterocycles. The lowest BCUT2D eigenvalue weighted by Crippen LogP contribution is -2.32. The van der Waals surface area contributed by atoms with Crippen molar-refractivity contribution >= 4 is 22.8 Å². The molecule has 1 unspecified atom stereocenters. The highest BCUT2D eigenvalue weighted by Gasteiger charge is 2.24. The van der Waals surface area contributed by atoms with Crippen molar-refractivity contribution in [1.82, 2.24) is 20.2 Å². The Labute approximate surface area is 128 Å². The number of fused-ring (bicyclic) bond motifs is 1. The first-order chi connectivity index (χ1) is 10.6. The van der Waals surface area contributed by atoms with E-state index >= 15 is 0 Å². The van der Waals surface area contributed by atoms with Crippen LogP contribution in [0.5, 0.6) is 0 Å². The molecule has 6 nitrogen and oxygen atoms in total. The van der Waals surface area contributed by atoms with E-state index < -0.39 is 0 Å². The average Bonchev–Trinajstić information content (AvgIpc) is 3.01. The number of pyridine rings is 2. The third-order valence-electron chi connectivity index (χ3n) is 3.98. The molecule has 0 aliphatic carbocycles. The van der Waals surface area contributed by atoms with Crippen molar-refractivity contribution in [1.29, 1.82) is 0 Å². The van der Waals surface area contributed by atoms with Crippen LogP contribution in [0.1, 0.15) is 23.8 Å². The highest BCUT2D eigenvalue weighted by Crippen LogP contribution is 2.15. The Balaban J connectivity index is 1.60. The van der Waals surface area contributed by atoms with E-state index in [-0.39, 0.29) is 11.8 Å². The van der Waals surface area contributed by atoms with Gasteiger partial charge in [0.1, 0.15) is 5.69 Å². The maximum absolute atomic E-state index is 12.2. The molecule has 1 aliphatic heterocycles. The van der Waals surface area contributed by atoms with Crippen LogP contribution in [0.3, 0.4) is 0 Å². The maximum Gasteiger partial charge on any atom is 0.269 e. The summed E-state index contributed by atoms with van der Waals surface area (Å²) in [5.41, 5.74) is 0.936. The van der Waals surface area contributed by atoms with Crippen LogP contribution >= 0.6 is 0 Å². The number of aromatic nitrogens is 2. The molecular weight excluding hydrogens is 280 g/mol. The average molecular weight is 298 g/mol. The zero-order valence-electron chi connectivity index (χ0n) is 12.5. The van der Waals surface area contributed by atoms with Crippen LogP contribution in [0.25, 0.3) is 11.0 Å². The fourth-order valence-corrected chi connectivity index (χ4v) is 2.69. The molecule has 114 valence electrons. The largest absolute Gasteiger partial charge is 0.350 e. The van der Waals surface area contributed by atoms with Crippen molar-refractivity contribution in [2.75, 3.05) is 19.6 Å². The highest BCUT2D eigenvalue weighted by molar-refractivity contribution is 5.94. The highest BCUT2D eigenvalue weighted by atomic mass is 16.2. The van der Waals surface area contributed by atoms with Gasteiger partial charge in [0, 0.05) is 38.1 Å². The summed E-state index contributed by atoms with van der Waals surface area (Å²) >= 11 is 0. The van der Waals surface area contributed by atoms with Crippen LogP contribution in [0.4, 0.5) is 0 Å². The number of hydrogen-bond acceptors (Lipinski definition) is 4. The molecule has 1 N–H and O–H groups in total. The molecule has 6 heteroatoms. The topological polar surface area (TPSA) is 75.2 Å². The van der Waals surface area contributed by atoms with Crippen LogP contribution in [0.15, 0.2) is 30.5 Å². The van der Waals surface area contributed by atoms with Gasteiger partial charge >= 0.3 is 0 Å². The first-order valence-corrected chi connectivity index (χ1v) is 7.39. The van der Waals surface area contributed by atoms with Crippen LogP contribution in [0.2, 0.25) is 0 Å². The molecule has 2 aromatic rings. The van der Waals surface area contributed by atoms with Crippen molar-refractivity contribution < 1.29 is 9.59 Å². The number of carbonyl (C=O) groups is 2. The molecule has 0 bridgehead atoms. The molecule has 0 aromatic carbocycles. The molecule has 0 saturated carbocycles. The Kier molecular flexibility index (Phi) is 4.00. The van der Waals surface area contributed by atoms with E-state index in [0.717, 1.165) is 18.4 Å². The third kappa shape index (κ3) is 3.05. The molecule has 1 saturated heterocycles. The van der Waals surface area contributed by atoms with Gasteiger partial charge < -0.3 is 10.2 Å². The van der Waals surface area contributed by atoms with Gasteiger partial charge in [-0.05, 0) is 36.6 Å². The second kappa shape index (κ2) is 6.09. The number of rotatable bonds is 3. The summed E-state index contributed by atoms with van der Waals surface area (Å²) < 4.78 is 0. The van der Waals surface area contributed by atoms with E-state index in [1.807, 2.05) is 23.1 Å². The predicted molar refractivity (Wildman–Crippen MR) is 82.2 cm³/mol. The number of hydrogen-bond donors (Lipinski definition) is 1. The number of nitrogens with one attached hydrogen (secondary N) is 1. The number of amides is 2. The van der Waals surface area contributed by atoms with Gasteiger partial charge in [0.25, 0.3) is 5.91 Å². The minimum Gasteiger partial charge on any atom is -0.350 e. The summed E-state index contributed by atoms with van der Waals surface area (Å²) in [7, 11) is 0. The zero-order valence-corrected chi connectivity index (χ0v) is 12.5. The molecule has 0 spiro atoms. The van der Waals surface area contributed by atoms with E-state index in [9.17, 15) is 9.59 Å². The molecule has 0 radical (unpaired) electrons. The van der Waals surface area contributed by atoms with Crippen LogP contribution in [-0.4, -0.2) is 46.3 Å². The Hall–Kier alpha value is -2.50. The second-order valence-electron chi connectivity index (χ2n) is 5.58. The quantitative estimate of drug-likeness (QED) is 0.924. The second-order valence-corrected chi connectivity index (χ2v) is 5.58. The summed E-state index contributed by atoms with van der Waals surface area (Å²) in [6.07, 6.45) is 2.58. The van der Waals surface area contributed by atoms with Crippen molar-refractivity contribution in [2.24, 2.45) is 5.92 Å². The lowest BCUT2D eigenvalue weighted by molar-refractivity contribution is -0.127. The Morgan fingerprint density at radius 2 is 2.23 bits per heavy atom. The van der Waals surface area contributed by atoms with Crippen molar-refractivity contribution in [3.8, 4) is 0 Å². The monoisotopic (exact) mass is 298 g/mol. The number of likely N-dealkylation sites (tertiary alicyclic amines) is 1. The Morgan fingerprint density at radius 1 is 1.36 bits per heavy atom. The number of carbonyl (C=O) groups excluding carboxylic acids is 2. The van der Waals surface area contributed by atoms with Crippen LogP contribution in [-0.2, 0) is 4.79 Å². The smallest absolute Gasteiger partial charge is 0.269 e. The van der Waals surface area contributed by atoms with Crippen molar-refractivity contribution in [3.63, 3.8) is 0 Å². The molecule has 1 fully saturated rings. The lowest BCUT2D eigenvalue weighted by atomic mass is 10.1. The summed E-state index contributed by atoms with van der Waals surface area (Å²) in [6.45, 7) is 3.62. The molecule has 22 heavy (non-hydrogen) atoms. The molecule has 1 aliphatic rings. The van der Waals surface area contributed by atoms with E-state index in [0.29, 0.717) is 30.3 Å². The zero-order chi connectivity index (χ0) is 15.5. The normalized spacial score (nSPS) is 17.7. The van der Waals surface area contributed by atoms with Crippen molar-refractivity contribution in [3.05, 3.63) is 36.2 Å². The van der Waals surface area contributed by atoms with Gasteiger partial charge in [0.2, 0.25) is 5.91 Å². The maximum atomic E-state index is 12.2. The Morgan fingerprint density at radius 3 is 3.00 bits per heavy atom.